The van der Waals surface area contributed by atoms with Gasteiger partial charge in [-0.1, -0.05) is 0 Å². The first kappa shape index (κ1) is 15.2. The zero-order valence-electron chi connectivity index (χ0n) is 11.2. The van der Waals surface area contributed by atoms with Crippen LogP contribution in [0.15, 0.2) is 12.1 Å². The van der Waals surface area contributed by atoms with E-state index in [2.05, 4.69) is 10.3 Å². The molecule has 0 aliphatic rings. The third-order valence-electron chi connectivity index (χ3n) is 2.41. The second-order valence-electron chi connectivity index (χ2n) is 3.72. The first-order valence-electron chi connectivity index (χ1n) is 5.66. The molecule has 1 unspecified atom stereocenters. The van der Waals surface area contributed by atoms with Gasteiger partial charge in [0.25, 0.3) is 5.91 Å². The Morgan fingerprint density at radius 2 is 2.11 bits per heavy atom. The molecule has 0 saturated heterocycles. The van der Waals surface area contributed by atoms with Crippen LogP contribution in [0.3, 0.4) is 0 Å². The summed E-state index contributed by atoms with van der Waals surface area (Å²) >= 11 is 0. The molecule has 1 amide bonds. The number of aliphatic hydroxyl groups is 1. The van der Waals surface area contributed by atoms with Gasteiger partial charge in [-0.25, -0.2) is 0 Å². The molecule has 7 heteroatoms. The van der Waals surface area contributed by atoms with E-state index in [1.165, 1.54) is 21.3 Å². The van der Waals surface area contributed by atoms with Crippen molar-refractivity contribution in [3.8, 4) is 11.8 Å². The molecule has 1 aromatic rings. The molecular weight excluding hydrogens is 252 g/mol. The zero-order valence-corrected chi connectivity index (χ0v) is 11.2. The average Bonchev–Trinajstić information content (AvgIpc) is 2.45. The van der Waals surface area contributed by atoms with E-state index in [1.807, 2.05) is 0 Å². The van der Waals surface area contributed by atoms with E-state index in [4.69, 9.17) is 19.3 Å². The summed E-state index contributed by atoms with van der Waals surface area (Å²) in [6.07, 6.45) is 0. The number of carbonyl (C=O) groups is 1. The smallest absolute Gasteiger partial charge is 0.257 e. The van der Waals surface area contributed by atoms with Gasteiger partial charge in [-0.05, 0) is 6.07 Å². The Morgan fingerprint density at radius 3 is 2.63 bits per heavy atom. The molecular formula is C12H18N2O5. The number of hydrogen-bond acceptors (Lipinski definition) is 6. The summed E-state index contributed by atoms with van der Waals surface area (Å²) in [5.41, 5.74) is 0.262. The molecule has 0 radical (unpaired) electrons. The Labute approximate surface area is 111 Å². The second kappa shape index (κ2) is 7.55. The van der Waals surface area contributed by atoms with Gasteiger partial charge in [-0.2, -0.15) is 4.98 Å². The minimum absolute atomic E-state index is 0.158. The topological polar surface area (TPSA) is 89.9 Å². The first-order chi connectivity index (χ1) is 9.15. The molecule has 0 fully saturated rings. The van der Waals surface area contributed by atoms with Crippen LogP contribution in [-0.2, 0) is 4.74 Å². The Morgan fingerprint density at radius 1 is 1.37 bits per heavy atom. The summed E-state index contributed by atoms with van der Waals surface area (Å²) < 4.78 is 14.9. The van der Waals surface area contributed by atoms with Crippen molar-refractivity contribution >= 4 is 5.91 Å². The first-order valence-corrected chi connectivity index (χ1v) is 5.66. The largest absolute Gasteiger partial charge is 0.481 e. The normalized spacial score (nSPS) is 11.8. The molecule has 1 aromatic heterocycles. The molecule has 1 heterocycles. The summed E-state index contributed by atoms with van der Waals surface area (Å²) in [5, 5.41) is 11.7. The standard InChI is InChI=1S/C12H18N2O5/c1-17-7-8(6-15)13-11(16)9-4-5-10(18-2)14-12(9)19-3/h4-5,8,15H,6-7H2,1-3H3,(H,13,16). The molecule has 0 spiro atoms. The lowest BCUT2D eigenvalue weighted by molar-refractivity contribution is 0.0836. The SMILES string of the molecule is COCC(CO)NC(=O)c1ccc(OC)nc1OC. The van der Waals surface area contributed by atoms with Crippen LogP contribution in [-0.4, -0.2) is 56.6 Å². The molecule has 19 heavy (non-hydrogen) atoms. The number of aromatic nitrogens is 1. The lowest BCUT2D eigenvalue weighted by atomic mass is 10.2. The monoisotopic (exact) mass is 270 g/mol. The number of methoxy groups -OCH3 is 3. The van der Waals surface area contributed by atoms with Crippen molar-refractivity contribution in [1.29, 1.82) is 0 Å². The third kappa shape index (κ3) is 4.08. The predicted molar refractivity (Wildman–Crippen MR) is 67.6 cm³/mol. The molecule has 0 aromatic carbocycles. The lowest BCUT2D eigenvalue weighted by Gasteiger charge is -2.16. The van der Waals surface area contributed by atoms with Crippen molar-refractivity contribution in [2.45, 2.75) is 6.04 Å². The lowest BCUT2D eigenvalue weighted by Crippen LogP contribution is -2.40. The molecule has 1 rings (SSSR count). The summed E-state index contributed by atoms with van der Waals surface area (Å²) in [6, 6.07) is 2.62. The molecule has 0 bridgehead atoms. The van der Waals surface area contributed by atoms with Gasteiger partial charge in [0.15, 0.2) is 0 Å². The van der Waals surface area contributed by atoms with Crippen LogP contribution < -0.4 is 14.8 Å². The number of carbonyl (C=O) groups excluding carboxylic acids is 1. The molecule has 0 aliphatic heterocycles. The van der Waals surface area contributed by atoms with E-state index in [1.54, 1.807) is 12.1 Å². The van der Waals surface area contributed by atoms with E-state index < -0.39 is 11.9 Å². The zero-order chi connectivity index (χ0) is 14.3. The fraction of sp³-hybridized carbons (Fsp3) is 0.500. The van der Waals surface area contributed by atoms with Gasteiger partial charge in [0.05, 0.1) is 33.5 Å². The number of nitrogens with one attached hydrogen (secondary N) is 1. The average molecular weight is 270 g/mol. The van der Waals surface area contributed by atoms with Crippen LogP contribution in [0.5, 0.6) is 11.8 Å². The maximum atomic E-state index is 12.0. The van der Waals surface area contributed by atoms with Crippen LogP contribution in [0.2, 0.25) is 0 Å². The third-order valence-corrected chi connectivity index (χ3v) is 2.41. The van der Waals surface area contributed by atoms with Crippen LogP contribution in [0.1, 0.15) is 10.4 Å². The Hall–Kier alpha value is -1.86. The van der Waals surface area contributed by atoms with Gasteiger partial charge in [0.2, 0.25) is 11.8 Å². The van der Waals surface area contributed by atoms with Crippen molar-refractivity contribution < 1.29 is 24.1 Å². The molecule has 106 valence electrons. The van der Waals surface area contributed by atoms with E-state index in [0.717, 1.165) is 0 Å². The number of pyridine rings is 1. The molecule has 1 atom stereocenters. The van der Waals surface area contributed by atoms with Gasteiger partial charge >= 0.3 is 0 Å². The van der Waals surface area contributed by atoms with E-state index in [0.29, 0.717) is 5.88 Å². The predicted octanol–water partition coefficient (Wildman–Crippen LogP) is -0.164. The van der Waals surface area contributed by atoms with Crippen LogP contribution in [0.4, 0.5) is 0 Å². The Balaban J connectivity index is 2.86. The highest BCUT2D eigenvalue weighted by Gasteiger charge is 2.18. The Bertz CT molecular complexity index is 425. The number of aliphatic hydroxyl groups excluding tert-OH is 1. The molecule has 2 N–H and O–H groups in total. The van der Waals surface area contributed by atoms with E-state index in [9.17, 15) is 4.79 Å². The molecule has 0 aliphatic carbocycles. The summed E-state index contributed by atoms with van der Waals surface area (Å²) in [7, 11) is 4.38. The molecule has 7 nitrogen and oxygen atoms in total. The van der Waals surface area contributed by atoms with Gasteiger partial charge < -0.3 is 24.6 Å². The van der Waals surface area contributed by atoms with Gasteiger partial charge in [-0.3, -0.25) is 4.79 Å². The number of hydrogen-bond donors (Lipinski definition) is 2. The van der Waals surface area contributed by atoms with Crippen LogP contribution in [0, 0.1) is 0 Å². The maximum Gasteiger partial charge on any atom is 0.257 e. The minimum atomic E-state index is -0.482. The van der Waals surface area contributed by atoms with Crippen molar-refractivity contribution in [2.75, 3.05) is 34.5 Å². The van der Waals surface area contributed by atoms with Crippen molar-refractivity contribution in [1.82, 2.24) is 10.3 Å². The van der Waals surface area contributed by atoms with Gasteiger partial charge in [0.1, 0.15) is 5.56 Å². The number of nitrogens with zero attached hydrogens (tertiary/aromatic N) is 1. The number of rotatable bonds is 7. The summed E-state index contributed by atoms with van der Waals surface area (Å²) in [6.45, 7) is -0.000380. The highest BCUT2D eigenvalue weighted by Crippen LogP contribution is 2.19. The van der Waals surface area contributed by atoms with Crippen molar-refractivity contribution in [2.24, 2.45) is 0 Å². The molecule has 0 saturated carbocycles. The van der Waals surface area contributed by atoms with Crippen LogP contribution in [0.25, 0.3) is 0 Å². The highest BCUT2D eigenvalue weighted by molar-refractivity contribution is 5.96. The fourth-order valence-electron chi connectivity index (χ4n) is 1.47. The van der Waals surface area contributed by atoms with E-state index >= 15 is 0 Å². The van der Waals surface area contributed by atoms with Gasteiger partial charge in [0, 0.05) is 13.2 Å². The number of amides is 1. The van der Waals surface area contributed by atoms with Crippen molar-refractivity contribution in [3.05, 3.63) is 17.7 Å². The summed E-state index contributed by atoms with van der Waals surface area (Å²) in [4.78, 5) is 16.0. The fourth-order valence-corrected chi connectivity index (χ4v) is 1.47. The Kier molecular flexibility index (Phi) is 6.04. The highest BCUT2D eigenvalue weighted by atomic mass is 16.5. The number of ether oxygens (including phenoxy) is 3. The maximum absolute atomic E-state index is 12.0. The minimum Gasteiger partial charge on any atom is -0.481 e. The quantitative estimate of drug-likeness (QED) is 0.715. The van der Waals surface area contributed by atoms with Crippen molar-refractivity contribution in [3.63, 3.8) is 0 Å². The summed E-state index contributed by atoms with van der Waals surface area (Å²) in [5.74, 6) is 0.109. The second-order valence-corrected chi connectivity index (χ2v) is 3.72. The van der Waals surface area contributed by atoms with Gasteiger partial charge in [-0.15, -0.1) is 0 Å². The van der Waals surface area contributed by atoms with Crippen LogP contribution >= 0.6 is 0 Å². The van der Waals surface area contributed by atoms with E-state index in [-0.39, 0.29) is 24.7 Å².